The largest absolute Gasteiger partial charge is 0.486 e. The van der Waals surface area contributed by atoms with Gasteiger partial charge in [-0.25, -0.2) is 8.42 Å². The molecule has 6 nitrogen and oxygen atoms in total. The summed E-state index contributed by atoms with van der Waals surface area (Å²) in [5.41, 5.74) is 2.04. The summed E-state index contributed by atoms with van der Waals surface area (Å²) in [5.74, 6) is 1.19. The van der Waals surface area contributed by atoms with Gasteiger partial charge in [-0.1, -0.05) is 50.2 Å². The van der Waals surface area contributed by atoms with Gasteiger partial charge in [0.2, 0.25) is 0 Å². The smallest absolute Gasteiger partial charge is 0.251 e. The van der Waals surface area contributed by atoms with Gasteiger partial charge in [-0.3, -0.25) is 4.79 Å². The fourth-order valence-electron chi connectivity index (χ4n) is 3.80. The molecule has 1 unspecified atom stereocenters. The molecule has 33 heavy (non-hydrogen) atoms. The lowest BCUT2D eigenvalue weighted by molar-refractivity contribution is 0.0925. The van der Waals surface area contributed by atoms with Crippen LogP contribution in [0.2, 0.25) is 0 Å². The van der Waals surface area contributed by atoms with Gasteiger partial charge in [0, 0.05) is 5.56 Å². The van der Waals surface area contributed by atoms with Crippen LogP contribution in [0.1, 0.15) is 41.4 Å². The van der Waals surface area contributed by atoms with Gasteiger partial charge in [-0.15, -0.1) is 0 Å². The van der Waals surface area contributed by atoms with Crippen molar-refractivity contribution in [2.24, 2.45) is 5.92 Å². The molecule has 4 rings (SSSR count). The van der Waals surface area contributed by atoms with Crippen molar-refractivity contribution < 1.29 is 22.7 Å². The van der Waals surface area contributed by atoms with Crippen molar-refractivity contribution in [1.29, 1.82) is 0 Å². The van der Waals surface area contributed by atoms with E-state index in [9.17, 15) is 13.2 Å². The summed E-state index contributed by atoms with van der Waals surface area (Å²) < 4.78 is 36.5. The second-order valence-electron chi connectivity index (χ2n) is 8.37. The van der Waals surface area contributed by atoms with Crippen molar-refractivity contribution in [3.8, 4) is 11.5 Å². The Labute approximate surface area is 194 Å². The lowest BCUT2D eigenvalue weighted by Gasteiger charge is -2.25. The Kier molecular flexibility index (Phi) is 6.70. The quantitative estimate of drug-likeness (QED) is 0.553. The minimum absolute atomic E-state index is 0.120. The zero-order valence-corrected chi connectivity index (χ0v) is 19.5. The van der Waals surface area contributed by atoms with Crippen LogP contribution in [0.5, 0.6) is 11.5 Å². The zero-order valence-electron chi connectivity index (χ0n) is 18.7. The molecule has 0 saturated heterocycles. The fourth-order valence-corrected chi connectivity index (χ4v) is 5.17. The first-order chi connectivity index (χ1) is 15.8. The SMILES string of the molecule is CC(C)C(NC(=O)c1ccc(CS(=O)(=O)c2ccccc2)cc1)c1ccc2c(c1)OCCO2. The van der Waals surface area contributed by atoms with Crippen molar-refractivity contribution in [2.75, 3.05) is 13.2 Å². The molecular weight excluding hydrogens is 438 g/mol. The molecule has 0 saturated carbocycles. The molecule has 3 aromatic carbocycles. The molecule has 1 aliphatic rings. The standard InChI is InChI=1S/C26H27NO5S/c1-18(2)25(21-12-13-23-24(16-21)32-15-14-31-23)27-26(28)20-10-8-19(9-11-20)17-33(29,30)22-6-4-3-5-7-22/h3-13,16,18,25H,14-15,17H2,1-2H3,(H,27,28). The summed E-state index contributed by atoms with van der Waals surface area (Å²) in [4.78, 5) is 13.2. The van der Waals surface area contributed by atoms with Gasteiger partial charge in [0.15, 0.2) is 21.3 Å². The lowest BCUT2D eigenvalue weighted by Crippen LogP contribution is -2.32. The Balaban J connectivity index is 1.47. The number of benzene rings is 3. The van der Waals surface area contributed by atoms with E-state index in [1.165, 1.54) is 0 Å². The monoisotopic (exact) mass is 465 g/mol. The molecule has 3 aromatic rings. The molecule has 0 bridgehead atoms. The van der Waals surface area contributed by atoms with E-state index >= 15 is 0 Å². The first-order valence-corrected chi connectivity index (χ1v) is 12.6. The second-order valence-corrected chi connectivity index (χ2v) is 10.4. The molecule has 172 valence electrons. The Morgan fingerprint density at radius 1 is 0.909 bits per heavy atom. The van der Waals surface area contributed by atoms with Crippen LogP contribution >= 0.6 is 0 Å². The zero-order chi connectivity index (χ0) is 23.4. The number of fused-ring (bicyclic) bond motifs is 1. The third kappa shape index (κ3) is 5.37. The molecule has 0 aliphatic carbocycles. The molecule has 0 spiro atoms. The van der Waals surface area contributed by atoms with Gasteiger partial charge >= 0.3 is 0 Å². The topological polar surface area (TPSA) is 81.7 Å². The Bertz CT molecular complexity index is 1220. The highest BCUT2D eigenvalue weighted by atomic mass is 32.2. The Morgan fingerprint density at radius 2 is 1.58 bits per heavy atom. The van der Waals surface area contributed by atoms with E-state index in [-0.39, 0.29) is 28.5 Å². The van der Waals surface area contributed by atoms with E-state index in [4.69, 9.17) is 9.47 Å². The van der Waals surface area contributed by atoms with Crippen LogP contribution in [-0.2, 0) is 15.6 Å². The third-order valence-electron chi connectivity index (χ3n) is 5.55. The first kappa shape index (κ1) is 22.9. The van der Waals surface area contributed by atoms with Gasteiger partial charge in [0.25, 0.3) is 5.91 Å². The van der Waals surface area contributed by atoms with Crippen LogP contribution in [0.3, 0.4) is 0 Å². The highest BCUT2D eigenvalue weighted by Crippen LogP contribution is 2.34. The Hall–Kier alpha value is -3.32. The van der Waals surface area contributed by atoms with Gasteiger partial charge in [-0.05, 0) is 53.4 Å². The maximum Gasteiger partial charge on any atom is 0.251 e. The van der Waals surface area contributed by atoms with E-state index in [1.54, 1.807) is 54.6 Å². The summed E-state index contributed by atoms with van der Waals surface area (Å²) in [6, 6.07) is 20.5. The van der Waals surface area contributed by atoms with Crippen LogP contribution in [-0.4, -0.2) is 27.5 Å². The van der Waals surface area contributed by atoms with Crippen molar-refractivity contribution in [3.05, 3.63) is 89.5 Å². The molecule has 0 fully saturated rings. The van der Waals surface area contributed by atoms with E-state index < -0.39 is 9.84 Å². The van der Waals surface area contributed by atoms with Crippen molar-refractivity contribution >= 4 is 15.7 Å². The number of carbonyl (C=O) groups excluding carboxylic acids is 1. The van der Waals surface area contributed by atoms with Crippen LogP contribution < -0.4 is 14.8 Å². The number of rotatable bonds is 7. The normalized spacial score (nSPS) is 14.0. The highest BCUT2D eigenvalue weighted by Gasteiger charge is 2.22. The second kappa shape index (κ2) is 9.67. The number of hydrogen-bond donors (Lipinski definition) is 1. The number of amides is 1. The minimum atomic E-state index is -3.44. The van der Waals surface area contributed by atoms with Crippen LogP contribution in [0.25, 0.3) is 0 Å². The van der Waals surface area contributed by atoms with Gasteiger partial charge in [-0.2, -0.15) is 0 Å². The Morgan fingerprint density at radius 3 is 2.24 bits per heavy atom. The summed E-state index contributed by atoms with van der Waals surface area (Å²) in [5, 5.41) is 3.10. The van der Waals surface area contributed by atoms with E-state index in [0.717, 1.165) is 5.56 Å². The van der Waals surface area contributed by atoms with E-state index in [0.29, 0.717) is 35.8 Å². The maximum atomic E-state index is 13.0. The van der Waals surface area contributed by atoms with Gasteiger partial charge < -0.3 is 14.8 Å². The predicted octanol–water partition coefficient (Wildman–Crippen LogP) is 4.56. The number of sulfone groups is 1. The molecular formula is C26H27NO5S. The van der Waals surface area contributed by atoms with Crippen molar-refractivity contribution in [3.63, 3.8) is 0 Å². The molecule has 1 amide bonds. The van der Waals surface area contributed by atoms with Crippen LogP contribution in [0.15, 0.2) is 77.7 Å². The van der Waals surface area contributed by atoms with E-state index in [1.807, 2.05) is 32.0 Å². The van der Waals surface area contributed by atoms with Crippen LogP contribution in [0.4, 0.5) is 0 Å². The summed E-state index contributed by atoms with van der Waals surface area (Å²) >= 11 is 0. The number of carbonyl (C=O) groups is 1. The molecule has 0 aromatic heterocycles. The van der Waals surface area contributed by atoms with Gasteiger partial charge in [0.05, 0.1) is 16.7 Å². The highest BCUT2D eigenvalue weighted by molar-refractivity contribution is 7.90. The molecule has 1 atom stereocenters. The predicted molar refractivity (Wildman–Crippen MR) is 126 cm³/mol. The van der Waals surface area contributed by atoms with Crippen molar-refractivity contribution in [2.45, 2.75) is 30.5 Å². The van der Waals surface area contributed by atoms with Crippen molar-refractivity contribution in [1.82, 2.24) is 5.32 Å². The molecule has 7 heteroatoms. The molecule has 1 heterocycles. The van der Waals surface area contributed by atoms with E-state index in [2.05, 4.69) is 5.32 Å². The third-order valence-corrected chi connectivity index (χ3v) is 7.26. The number of ether oxygens (including phenoxy) is 2. The number of hydrogen-bond acceptors (Lipinski definition) is 5. The lowest BCUT2D eigenvalue weighted by atomic mass is 9.95. The number of nitrogens with one attached hydrogen (secondary N) is 1. The molecule has 1 N–H and O–H groups in total. The van der Waals surface area contributed by atoms with Gasteiger partial charge in [0.1, 0.15) is 13.2 Å². The fraction of sp³-hybridized carbons (Fsp3) is 0.269. The maximum absolute atomic E-state index is 13.0. The summed E-state index contributed by atoms with van der Waals surface area (Å²) in [7, 11) is -3.44. The molecule has 0 radical (unpaired) electrons. The minimum Gasteiger partial charge on any atom is -0.486 e. The first-order valence-electron chi connectivity index (χ1n) is 10.9. The average Bonchev–Trinajstić information content (AvgIpc) is 2.82. The molecule has 1 aliphatic heterocycles. The average molecular weight is 466 g/mol. The summed E-state index contributed by atoms with van der Waals surface area (Å²) in [6.07, 6.45) is 0. The summed E-state index contributed by atoms with van der Waals surface area (Å²) in [6.45, 7) is 5.11. The van der Waals surface area contributed by atoms with Crippen LogP contribution in [0, 0.1) is 5.92 Å².